The van der Waals surface area contributed by atoms with Crippen LogP contribution in [0.4, 0.5) is 4.39 Å². The molecule has 2 unspecified atom stereocenters. The maximum Gasteiger partial charge on any atom is 0.220 e. The number of rotatable bonds is 6. The highest BCUT2D eigenvalue weighted by Gasteiger charge is 2.14. The van der Waals surface area contributed by atoms with Crippen LogP contribution in [-0.2, 0) is 4.79 Å². The summed E-state index contributed by atoms with van der Waals surface area (Å²) < 4.78 is 17.9. The van der Waals surface area contributed by atoms with Gasteiger partial charge in [-0.05, 0) is 35.7 Å². The second kappa shape index (κ2) is 7.04. The molecule has 1 aromatic carbocycles. The second-order valence-corrected chi connectivity index (χ2v) is 4.99. The molecule has 21 heavy (non-hydrogen) atoms. The van der Waals surface area contributed by atoms with Crippen LogP contribution in [0.1, 0.15) is 36.7 Å². The second-order valence-electron chi connectivity index (χ2n) is 4.99. The third kappa shape index (κ3) is 4.43. The molecule has 1 aromatic heterocycles. The topological polar surface area (TPSA) is 62.5 Å². The zero-order valence-corrected chi connectivity index (χ0v) is 11.8. The van der Waals surface area contributed by atoms with E-state index < -0.39 is 6.10 Å². The van der Waals surface area contributed by atoms with E-state index in [2.05, 4.69) is 5.32 Å². The van der Waals surface area contributed by atoms with E-state index in [1.807, 2.05) is 6.92 Å². The normalized spacial score (nSPS) is 13.7. The number of amides is 1. The fraction of sp³-hybridized carbons (Fsp3) is 0.312. The first-order valence-corrected chi connectivity index (χ1v) is 6.80. The lowest BCUT2D eigenvalue weighted by molar-refractivity contribution is -0.121. The van der Waals surface area contributed by atoms with Gasteiger partial charge in [0.1, 0.15) is 17.7 Å². The van der Waals surface area contributed by atoms with Crippen molar-refractivity contribution in [2.24, 2.45) is 0 Å². The van der Waals surface area contributed by atoms with Crippen molar-refractivity contribution < 1.29 is 18.7 Å². The van der Waals surface area contributed by atoms with Crippen LogP contribution in [0.25, 0.3) is 0 Å². The minimum Gasteiger partial charge on any atom is -0.467 e. The Hall–Kier alpha value is -2.14. The van der Waals surface area contributed by atoms with Gasteiger partial charge >= 0.3 is 0 Å². The number of hydrogen-bond acceptors (Lipinski definition) is 3. The predicted octanol–water partition coefficient (Wildman–Crippen LogP) is 2.76. The van der Waals surface area contributed by atoms with Gasteiger partial charge in [-0.1, -0.05) is 19.1 Å². The van der Waals surface area contributed by atoms with Crippen LogP contribution in [-0.4, -0.2) is 17.6 Å². The first-order valence-electron chi connectivity index (χ1n) is 6.80. The van der Waals surface area contributed by atoms with Crippen LogP contribution in [0, 0.1) is 5.82 Å². The van der Waals surface area contributed by atoms with E-state index in [9.17, 15) is 14.3 Å². The Balaban J connectivity index is 1.80. The number of aliphatic hydroxyl groups is 1. The van der Waals surface area contributed by atoms with E-state index in [0.29, 0.717) is 5.76 Å². The summed E-state index contributed by atoms with van der Waals surface area (Å²) in [6, 6.07) is 9.43. The summed E-state index contributed by atoms with van der Waals surface area (Å²) in [6.45, 7) is 2.00. The molecule has 0 saturated heterocycles. The van der Waals surface area contributed by atoms with Gasteiger partial charge in [0.15, 0.2) is 0 Å². The average Bonchev–Trinajstić information content (AvgIpc) is 2.99. The van der Waals surface area contributed by atoms with E-state index in [1.165, 1.54) is 18.4 Å². The summed E-state index contributed by atoms with van der Waals surface area (Å²) in [5.41, 5.74) is 0.901. The zero-order valence-electron chi connectivity index (χ0n) is 11.8. The Morgan fingerprint density at radius 2 is 2.05 bits per heavy atom. The Kier molecular flexibility index (Phi) is 5.11. The molecule has 0 spiro atoms. The highest BCUT2D eigenvalue weighted by atomic mass is 19.1. The number of furan rings is 1. The minimum atomic E-state index is -0.856. The number of hydrogen-bond donors (Lipinski definition) is 2. The SMILES string of the molecule is CC(CC(=O)NCC(O)c1ccco1)c1ccc(F)cc1. The number of nitrogens with one attached hydrogen (secondary N) is 1. The molecule has 5 heteroatoms. The molecule has 0 saturated carbocycles. The maximum atomic E-state index is 12.8. The van der Waals surface area contributed by atoms with Crippen LogP contribution >= 0.6 is 0 Å². The molecule has 1 amide bonds. The van der Waals surface area contributed by atoms with Crippen molar-refractivity contribution in [1.82, 2.24) is 5.32 Å². The standard InChI is InChI=1S/C16H18FNO3/c1-11(12-4-6-13(17)7-5-12)9-16(20)18-10-14(19)15-3-2-8-21-15/h2-8,11,14,19H,9-10H2,1H3,(H,18,20). The van der Waals surface area contributed by atoms with Crippen molar-refractivity contribution in [2.75, 3.05) is 6.54 Å². The van der Waals surface area contributed by atoms with Gasteiger partial charge in [0.05, 0.1) is 12.8 Å². The average molecular weight is 291 g/mol. The first kappa shape index (κ1) is 15.3. The van der Waals surface area contributed by atoms with Crippen molar-refractivity contribution >= 4 is 5.91 Å². The van der Waals surface area contributed by atoms with Gasteiger partial charge in [-0.25, -0.2) is 4.39 Å². The monoisotopic (exact) mass is 291 g/mol. The number of halogens is 1. The molecule has 0 radical (unpaired) electrons. The molecule has 2 rings (SSSR count). The molecule has 0 aliphatic heterocycles. The molecule has 0 fully saturated rings. The number of carbonyl (C=O) groups excluding carboxylic acids is 1. The van der Waals surface area contributed by atoms with E-state index in [-0.39, 0.29) is 30.6 Å². The molecule has 0 aliphatic rings. The van der Waals surface area contributed by atoms with Gasteiger partial charge < -0.3 is 14.8 Å². The van der Waals surface area contributed by atoms with Gasteiger partial charge in [-0.2, -0.15) is 0 Å². The highest BCUT2D eigenvalue weighted by molar-refractivity contribution is 5.76. The number of benzene rings is 1. The summed E-state index contributed by atoms with van der Waals surface area (Å²) in [7, 11) is 0. The van der Waals surface area contributed by atoms with Gasteiger partial charge in [0, 0.05) is 6.42 Å². The predicted molar refractivity (Wildman–Crippen MR) is 76.1 cm³/mol. The maximum absolute atomic E-state index is 12.8. The molecule has 0 aliphatic carbocycles. The summed E-state index contributed by atoms with van der Waals surface area (Å²) >= 11 is 0. The molecule has 2 atom stereocenters. The lowest BCUT2D eigenvalue weighted by Crippen LogP contribution is -2.29. The summed E-state index contributed by atoms with van der Waals surface area (Å²) in [6.07, 6.45) is 0.887. The molecule has 1 heterocycles. The van der Waals surface area contributed by atoms with Gasteiger partial charge in [-0.3, -0.25) is 4.79 Å². The number of aliphatic hydroxyl groups excluding tert-OH is 1. The quantitative estimate of drug-likeness (QED) is 0.860. The minimum absolute atomic E-state index is 0.0219. The third-order valence-electron chi connectivity index (χ3n) is 3.29. The van der Waals surface area contributed by atoms with Crippen molar-refractivity contribution in [3.63, 3.8) is 0 Å². The van der Waals surface area contributed by atoms with Crippen LogP contribution in [0.2, 0.25) is 0 Å². The highest BCUT2D eigenvalue weighted by Crippen LogP contribution is 2.19. The van der Waals surface area contributed by atoms with E-state index in [4.69, 9.17) is 4.42 Å². The zero-order chi connectivity index (χ0) is 15.2. The first-order chi connectivity index (χ1) is 10.1. The lowest BCUT2D eigenvalue weighted by Gasteiger charge is -2.13. The van der Waals surface area contributed by atoms with Gasteiger partial charge in [0.2, 0.25) is 5.91 Å². The molecular weight excluding hydrogens is 273 g/mol. The van der Waals surface area contributed by atoms with Crippen molar-refractivity contribution in [2.45, 2.75) is 25.4 Å². The Bertz CT molecular complexity index is 566. The van der Waals surface area contributed by atoms with E-state index in [1.54, 1.807) is 24.3 Å². The molecule has 112 valence electrons. The van der Waals surface area contributed by atoms with Crippen molar-refractivity contribution in [3.8, 4) is 0 Å². The fourth-order valence-electron chi connectivity index (χ4n) is 2.05. The van der Waals surface area contributed by atoms with Crippen LogP contribution < -0.4 is 5.32 Å². The summed E-state index contributed by atoms with van der Waals surface area (Å²) in [5.74, 6) is -0.0670. The molecule has 2 N–H and O–H groups in total. The van der Waals surface area contributed by atoms with Gasteiger partial charge in [0.25, 0.3) is 0 Å². The largest absolute Gasteiger partial charge is 0.467 e. The van der Waals surface area contributed by atoms with Crippen molar-refractivity contribution in [3.05, 3.63) is 59.8 Å². The molecule has 4 nitrogen and oxygen atoms in total. The van der Waals surface area contributed by atoms with E-state index in [0.717, 1.165) is 5.56 Å². The molecule has 2 aromatic rings. The molecule has 0 bridgehead atoms. The third-order valence-corrected chi connectivity index (χ3v) is 3.29. The Labute approximate surface area is 122 Å². The van der Waals surface area contributed by atoms with Crippen LogP contribution in [0.5, 0.6) is 0 Å². The van der Waals surface area contributed by atoms with Crippen LogP contribution in [0.15, 0.2) is 47.1 Å². The Morgan fingerprint density at radius 3 is 2.67 bits per heavy atom. The van der Waals surface area contributed by atoms with Crippen LogP contribution in [0.3, 0.4) is 0 Å². The summed E-state index contributed by atoms with van der Waals surface area (Å²) in [4.78, 5) is 11.8. The summed E-state index contributed by atoms with van der Waals surface area (Å²) in [5, 5.41) is 12.4. The molecular formula is C16H18FNO3. The fourth-order valence-corrected chi connectivity index (χ4v) is 2.05. The lowest BCUT2D eigenvalue weighted by atomic mass is 9.97. The Morgan fingerprint density at radius 1 is 1.33 bits per heavy atom. The smallest absolute Gasteiger partial charge is 0.220 e. The van der Waals surface area contributed by atoms with Gasteiger partial charge in [-0.15, -0.1) is 0 Å². The number of carbonyl (C=O) groups is 1. The van der Waals surface area contributed by atoms with Crippen molar-refractivity contribution in [1.29, 1.82) is 0 Å². The van der Waals surface area contributed by atoms with E-state index >= 15 is 0 Å².